The molecular formula is C22H23FN2O4. The first kappa shape index (κ1) is 20.5. The summed E-state index contributed by atoms with van der Waals surface area (Å²) in [5.74, 6) is -1.57. The van der Waals surface area contributed by atoms with Gasteiger partial charge in [0, 0.05) is 18.7 Å². The minimum absolute atomic E-state index is 0.00877. The molecular weight excluding hydrogens is 375 g/mol. The molecule has 29 heavy (non-hydrogen) atoms. The SMILES string of the molecule is COc1ccc(C2/C(=C(/O)c3ccc(F)cc3)C(=O)C(=O)N2CCN(C)C)cc1. The average molecular weight is 398 g/mol. The van der Waals surface area contributed by atoms with Gasteiger partial charge in [-0.3, -0.25) is 9.59 Å². The van der Waals surface area contributed by atoms with Gasteiger partial charge < -0.3 is 19.6 Å². The van der Waals surface area contributed by atoms with Crippen LogP contribution < -0.4 is 4.74 Å². The van der Waals surface area contributed by atoms with Gasteiger partial charge in [-0.2, -0.15) is 0 Å². The largest absolute Gasteiger partial charge is 0.507 e. The molecule has 152 valence electrons. The lowest BCUT2D eigenvalue weighted by Crippen LogP contribution is -2.35. The molecule has 1 fully saturated rings. The number of hydrogen-bond acceptors (Lipinski definition) is 5. The molecule has 1 aliphatic rings. The van der Waals surface area contributed by atoms with E-state index in [2.05, 4.69) is 0 Å². The number of halogens is 1. The van der Waals surface area contributed by atoms with Gasteiger partial charge in [-0.1, -0.05) is 12.1 Å². The van der Waals surface area contributed by atoms with Gasteiger partial charge in [0.25, 0.3) is 11.7 Å². The van der Waals surface area contributed by atoms with Crippen molar-refractivity contribution in [2.24, 2.45) is 0 Å². The van der Waals surface area contributed by atoms with Crippen LogP contribution in [-0.2, 0) is 9.59 Å². The first-order valence-corrected chi connectivity index (χ1v) is 9.16. The second-order valence-corrected chi connectivity index (χ2v) is 7.08. The number of amides is 1. The quantitative estimate of drug-likeness (QED) is 0.460. The molecule has 0 aliphatic carbocycles. The number of aliphatic hydroxyl groups excluding tert-OH is 1. The molecule has 1 amide bonds. The number of likely N-dealkylation sites (N-methyl/N-ethyl adjacent to an activating group) is 1. The van der Waals surface area contributed by atoms with Crippen LogP contribution >= 0.6 is 0 Å². The maximum atomic E-state index is 13.3. The number of ether oxygens (including phenoxy) is 1. The highest BCUT2D eigenvalue weighted by atomic mass is 19.1. The molecule has 1 atom stereocenters. The van der Waals surface area contributed by atoms with Gasteiger partial charge in [0.15, 0.2) is 0 Å². The minimum Gasteiger partial charge on any atom is -0.507 e. The van der Waals surface area contributed by atoms with Crippen LogP contribution in [0.25, 0.3) is 5.76 Å². The van der Waals surface area contributed by atoms with E-state index in [4.69, 9.17) is 4.74 Å². The Labute approximate surface area is 168 Å². The van der Waals surface area contributed by atoms with Crippen LogP contribution in [0.2, 0.25) is 0 Å². The van der Waals surface area contributed by atoms with E-state index in [-0.39, 0.29) is 16.9 Å². The number of aliphatic hydroxyl groups is 1. The normalized spacial score (nSPS) is 18.5. The van der Waals surface area contributed by atoms with Crippen molar-refractivity contribution in [2.45, 2.75) is 6.04 Å². The summed E-state index contributed by atoms with van der Waals surface area (Å²) in [6.07, 6.45) is 0. The minimum atomic E-state index is -0.758. The Morgan fingerprint density at radius 3 is 2.28 bits per heavy atom. The van der Waals surface area contributed by atoms with Crippen molar-refractivity contribution < 1.29 is 23.8 Å². The number of carbonyl (C=O) groups excluding carboxylic acids is 2. The van der Waals surface area contributed by atoms with Gasteiger partial charge in [-0.05, 0) is 56.1 Å². The van der Waals surface area contributed by atoms with E-state index < -0.39 is 23.5 Å². The number of benzene rings is 2. The molecule has 1 heterocycles. The van der Waals surface area contributed by atoms with Crippen molar-refractivity contribution in [1.29, 1.82) is 0 Å². The molecule has 2 aromatic carbocycles. The molecule has 1 unspecified atom stereocenters. The summed E-state index contributed by atoms with van der Waals surface area (Å²) < 4.78 is 18.5. The van der Waals surface area contributed by atoms with Gasteiger partial charge in [-0.25, -0.2) is 4.39 Å². The van der Waals surface area contributed by atoms with Gasteiger partial charge in [0.2, 0.25) is 0 Å². The van der Waals surface area contributed by atoms with Crippen LogP contribution in [0.1, 0.15) is 17.2 Å². The summed E-state index contributed by atoms with van der Waals surface area (Å²) in [5, 5.41) is 10.8. The fraction of sp³-hybridized carbons (Fsp3) is 0.273. The molecule has 2 aromatic rings. The summed E-state index contributed by atoms with van der Waals surface area (Å²) in [6, 6.07) is 11.4. The lowest BCUT2D eigenvalue weighted by molar-refractivity contribution is -0.140. The number of Topliss-reactive ketones (excluding diaryl/α,β-unsaturated/α-hetero) is 1. The maximum absolute atomic E-state index is 13.3. The number of methoxy groups -OCH3 is 1. The Morgan fingerprint density at radius 1 is 1.10 bits per heavy atom. The van der Waals surface area contributed by atoms with E-state index >= 15 is 0 Å². The molecule has 0 spiro atoms. The van der Waals surface area contributed by atoms with Crippen molar-refractivity contribution >= 4 is 17.4 Å². The number of ketones is 1. The number of hydrogen-bond donors (Lipinski definition) is 1. The molecule has 3 rings (SSSR count). The van der Waals surface area contributed by atoms with Crippen molar-refractivity contribution in [3.63, 3.8) is 0 Å². The summed E-state index contributed by atoms with van der Waals surface area (Å²) >= 11 is 0. The average Bonchev–Trinajstić information content (AvgIpc) is 2.97. The second kappa shape index (κ2) is 8.45. The smallest absolute Gasteiger partial charge is 0.295 e. The number of likely N-dealkylation sites (tertiary alicyclic amines) is 1. The topological polar surface area (TPSA) is 70.1 Å². The highest BCUT2D eigenvalue weighted by Gasteiger charge is 2.45. The van der Waals surface area contributed by atoms with Crippen LogP contribution in [-0.4, -0.2) is 60.9 Å². The van der Waals surface area contributed by atoms with Gasteiger partial charge in [-0.15, -0.1) is 0 Å². The van der Waals surface area contributed by atoms with Crippen LogP contribution in [0, 0.1) is 5.82 Å². The molecule has 0 saturated carbocycles. The predicted octanol–water partition coefficient (Wildman–Crippen LogP) is 2.82. The third-order valence-corrected chi connectivity index (χ3v) is 4.88. The molecule has 0 radical (unpaired) electrons. The van der Waals surface area contributed by atoms with E-state index in [1.165, 1.54) is 29.2 Å². The summed E-state index contributed by atoms with van der Waals surface area (Å²) in [4.78, 5) is 28.9. The zero-order chi connectivity index (χ0) is 21.1. The van der Waals surface area contributed by atoms with Crippen LogP contribution in [0.5, 0.6) is 5.75 Å². The highest BCUT2D eigenvalue weighted by molar-refractivity contribution is 6.46. The fourth-order valence-electron chi connectivity index (χ4n) is 3.31. The summed E-state index contributed by atoms with van der Waals surface area (Å²) in [7, 11) is 5.29. The van der Waals surface area contributed by atoms with Crippen LogP contribution in [0.15, 0.2) is 54.1 Å². The molecule has 0 bridgehead atoms. The third-order valence-electron chi connectivity index (χ3n) is 4.88. The van der Waals surface area contributed by atoms with Gasteiger partial charge in [0.1, 0.15) is 17.3 Å². The molecule has 1 saturated heterocycles. The first-order chi connectivity index (χ1) is 13.8. The van der Waals surface area contributed by atoms with Crippen molar-refractivity contribution in [2.75, 3.05) is 34.3 Å². The van der Waals surface area contributed by atoms with Crippen molar-refractivity contribution in [3.05, 3.63) is 71.0 Å². The first-order valence-electron chi connectivity index (χ1n) is 9.16. The standard InChI is InChI=1S/C22H23FN2O4/c1-24(2)12-13-25-19(14-6-10-17(29-3)11-7-14)18(21(27)22(25)28)20(26)15-4-8-16(23)9-5-15/h4-11,19,26H,12-13H2,1-3H3/b20-18-. The number of carbonyl (C=O) groups is 2. The Kier molecular flexibility index (Phi) is 5.98. The Bertz CT molecular complexity index is 936. The maximum Gasteiger partial charge on any atom is 0.295 e. The molecule has 1 aliphatic heterocycles. The predicted molar refractivity (Wildman–Crippen MR) is 107 cm³/mol. The zero-order valence-electron chi connectivity index (χ0n) is 16.6. The number of rotatable bonds is 6. The zero-order valence-corrected chi connectivity index (χ0v) is 16.6. The van der Waals surface area contributed by atoms with E-state index in [1.54, 1.807) is 31.4 Å². The Balaban J connectivity index is 2.12. The second-order valence-electron chi connectivity index (χ2n) is 7.08. The van der Waals surface area contributed by atoms with Crippen molar-refractivity contribution in [1.82, 2.24) is 9.80 Å². The van der Waals surface area contributed by atoms with Crippen molar-refractivity contribution in [3.8, 4) is 5.75 Å². The van der Waals surface area contributed by atoms with E-state index in [0.29, 0.717) is 24.4 Å². The third kappa shape index (κ3) is 4.14. The lowest BCUT2D eigenvalue weighted by Gasteiger charge is -2.26. The Morgan fingerprint density at radius 2 is 1.72 bits per heavy atom. The fourth-order valence-corrected chi connectivity index (χ4v) is 3.31. The van der Waals surface area contributed by atoms with E-state index in [0.717, 1.165) is 0 Å². The molecule has 7 heteroatoms. The van der Waals surface area contributed by atoms with Crippen LogP contribution in [0.3, 0.4) is 0 Å². The lowest BCUT2D eigenvalue weighted by atomic mass is 9.95. The molecule has 0 aromatic heterocycles. The number of nitrogens with zero attached hydrogens (tertiary/aromatic N) is 2. The molecule has 6 nitrogen and oxygen atoms in total. The Hall–Kier alpha value is -3.19. The summed E-state index contributed by atoms with van der Waals surface area (Å²) in [5.41, 5.74) is 0.938. The van der Waals surface area contributed by atoms with Gasteiger partial charge >= 0.3 is 0 Å². The van der Waals surface area contributed by atoms with E-state index in [9.17, 15) is 19.1 Å². The monoisotopic (exact) mass is 398 g/mol. The van der Waals surface area contributed by atoms with Crippen LogP contribution in [0.4, 0.5) is 4.39 Å². The van der Waals surface area contributed by atoms with E-state index in [1.807, 2.05) is 19.0 Å². The van der Waals surface area contributed by atoms with Gasteiger partial charge in [0.05, 0.1) is 18.7 Å². The summed E-state index contributed by atoms with van der Waals surface area (Å²) in [6.45, 7) is 0.866. The highest BCUT2D eigenvalue weighted by Crippen LogP contribution is 2.39. The molecule has 1 N–H and O–H groups in total.